The molecule has 2 unspecified atom stereocenters. The van der Waals surface area contributed by atoms with E-state index in [-0.39, 0.29) is 11.9 Å². The highest BCUT2D eigenvalue weighted by atomic mass is 16.2. The molecule has 1 aromatic rings. The number of rotatable bonds is 4. The lowest BCUT2D eigenvalue weighted by Crippen LogP contribution is -2.48. The van der Waals surface area contributed by atoms with Gasteiger partial charge in [0.2, 0.25) is 5.91 Å². The number of hydrogen-bond donors (Lipinski definition) is 2. The molecule has 0 spiro atoms. The summed E-state index contributed by atoms with van der Waals surface area (Å²) >= 11 is 0. The largest absolute Gasteiger partial charge is 0.355 e. The standard InChI is InChI=1S/C16H24N2O/c1-3-17-16(19)15-11-14(7-8-18-15)10-13-6-4-5-12(2)9-13/h4-6,9,14-15,18H,3,7-8,10-11H2,1-2H3,(H,17,19). The SMILES string of the molecule is CCNC(=O)C1CC(Cc2cccc(C)c2)CCN1. The fraction of sp³-hybridized carbons (Fsp3) is 0.562. The van der Waals surface area contributed by atoms with Gasteiger partial charge in [-0.3, -0.25) is 4.79 Å². The van der Waals surface area contributed by atoms with Gasteiger partial charge in [-0.15, -0.1) is 0 Å². The molecule has 1 aliphatic heterocycles. The van der Waals surface area contributed by atoms with Crippen LogP contribution in [0.3, 0.4) is 0 Å². The van der Waals surface area contributed by atoms with Crippen LogP contribution in [0.25, 0.3) is 0 Å². The monoisotopic (exact) mass is 260 g/mol. The first-order valence-electron chi connectivity index (χ1n) is 7.25. The fourth-order valence-corrected chi connectivity index (χ4v) is 2.85. The van der Waals surface area contributed by atoms with Crippen LogP contribution in [0.1, 0.15) is 30.9 Å². The molecule has 0 bridgehead atoms. The smallest absolute Gasteiger partial charge is 0.237 e. The molecule has 1 aliphatic rings. The van der Waals surface area contributed by atoms with Gasteiger partial charge in [-0.1, -0.05) is 29.8 Å². The summed E-state index contributed by atoms with van der Waals surface area (Å²) in [6.07, 6.45) is 3.18. The molecule has 0 aromatic heterocycles. The van der Waals surface area contributed by atoms with Gasteiger partial charge >= 0.3 is 0 Å². The average Bonchev–Trinajstić information content (AvgIpc) is 2.39. The lowest BCUT2D eigenvalue weighted by atomic mass is 9.86. The number of amides is 1. The number of hydrogen-bond acceptors (Lipinski definition) is 2. The number of nitrogens with one attached hydrogen (secondary N) is 2. The highest BCUT2D eigenvalue weighted by molar-refractivity contribution is 5.81. The third kappa shape index (κ3) is 4.06. The summed E-state index contributed by atoms with van der Waals surface area (Å²) in [6, 6.07) is 8.68. The first kappa shape index (κ1) is 14.1. The van der Waals surface area contributed by atoms with Crippen molar-refractivity contribution in [2.24, 2.45) is 5.92 Å². The van der Waals surface area contributed by atoms with Gasteiger partial charge in [-0.05, 0) is 51.1 Å². The van der Waals surface area contributed by atoms with Gasteiger partial charge in [0, 0.05) is 6.54 Å². The zero-order valence-electron chi connectivity index (χ0n) is 11.9. The average molecular weight is 260 g/mol. The Balaban J connectivity index is 1.92. The van der Waals surface area contributed by atoms with Crippen LogP contribution in [0.2, 0.25) is 0 Å². The molecule has 19 heavy (non-hydrogen) atoms. The number of carbonyl (C=O) groups excluding carboxylic acids is 1. The van der Waals surface area contributed by atoms with Crippen molar-refractivity contribution in [2.75, 3.05) is 13.1 Å². The summed E-state index contributed by atoms with van der Waals surface area (Å²) in [4.78, 5) is 11.9. The van der Waals surface area contributed by atoms with Crippen molar-refractivity contribution in [3.05, 3.63) is 35.4 Å². The summed E-state index contributed by atoms with van der Waals surface area (Å²) in [5.41, 5.74) is 2.70. The van der Waals surface area contributed by atoms with Crippen LogP contribution in [0.4, 0.5) is 0 Å². The second kappa shape index (κ2) is 6.71. The van der Waals surface area contributed by atoms with E-state index in [0.29, 0.717) is 12.5 Å². The molecule has 1 aromatic carbocycles. The number of aryl methyl sites for hydroxylation is 1. The number of benzene rings is 1. The van der Waals surface area contributed by atoms with Crippen LogP contribution in [0.15, 0.2) is 24.3 Å². The normalized spacial score (nSPS) is 23.1. The zero-order chi connectivity index (χ0) is 13.7. The van der Waals surface area contributed by atoms with E-state index < -0.39 is 0 Å². The number of piperidine rings is 1. The first-order chi connectivity index (χ1) is 9.19. The molecule has 104 valence electrons. The van der Waals surface area contributed by atoms with Crippen LogP contribution >= 0.6 is 0 Å². The van der Waals surface area contributed by atoms with Gasteiger partial charge in [0.1, 0.15) is 0 Å². The molecule has 0 saturated carbocycles. The second-order valence-corrected chi connectivity index (χ2v) is 5.48. The molecule has 3 nitrogen and oxygen atoms in total. The minimum Gasteiger partial charge on any atom is -0.355 e. The van der Waals surface area contributed by atoms with Crippen molar-refractivity contribution in [3.8, 4) is 0 Å². The molecule has 0 aliphatic carbocycles. The zero-order valence-corrected chi connectivity index (χ0v) is 11.9. The van der Waals surface area contributed by atoms with Crippen molar-refractivity contribution >= 4 is 5.91 Å². The van der Waals surface area contributed by atoms with E-state index in [9.17, 15) is 4.79 Å². The summed E-state index contributed by atoms with van der Waals surface area (Å²) in [5, 5.41) is 6.23. The quantitative estimate of drug-likeness (QED) is 0.870. The van der Waals surface area contributed by atoms with Crippen LogP contribution in [0.5, 0.6) is 0 Å². The Kier molecular flexibility index (Phi) is 4.97. The minimum absolute atomic E-state index is 0.0106. The Labute approximate surface area is 115 Å². The Morgan fingerprint density at radius 2 is 2.32 bits per heavy atom. The van der Waals surface area contributed by atoms with E-state index in [0.717, 1.165) is 25.8 Å². The molecule has 1 heterocycles. The lowest BCUT2D eigenvalue weighted by molar-refractivity contribution is -0.123. The Morgan fingerprint density at radius 3 is 3.05 bits per heavy atom. The molecule has 2 rings (SSSR count). The topological polar surface area (TPSA) is 41.1 Å². The van der Waals surface area contributed by atoms with Crippen molar-refractivity contribution in [3.63, 3.8) is 0 Å². The Hall–Kier alpha value is -1.35. The molecule has 3 heteroatoms. The van der Waals surface area contributed by atoms with Crippen LogP contribution in [-0.2, 0) is 11.2 Å². The maximum absolute atomic E-state index is 11.9. The maximum Gasteiger partial charge on any atom is 0.237 e. The number of likely N-dealkylation sites (N-methyl/N-ethyl adjacent to an activating group) is 1. The van der Waals surface area contributed by atoms with E-state index >= 15 is 0 Å². The predicted octanol–water partition coefficient (Wildman–Crippen LogP) is 2.04. The van der Waals surface area contributed by atoms with Crippen LogP contribution < -0.4 is 10.6 Å². The third-order valence-electron chi connectivity index (χ3n) is 3.79. The van der Waals surface area contributed by atoms with E-state index in [1.807, 2.05) is 6.92 Å². The van der Waals surface area contributed by atoms with Crippen LogP contribution in [0, 0.1) is 12.8 Å². The van der Waals surface area contributed by atoms with E-state index in [2.05, 4.69) is 41.8 Å². The summed E-state index contributed by atoms with van der Waals surface area (Å²) in [5.74, 6) is 0.757. The molecule has 2 atom stereocenters. The Bertz CT molecular complexity index is 431. The first-order valence-corrected chi connectivity index (χ1v) is 7.25. The highest BCUT2D eigenvalue weighted by Gasteiger charge is 2.26. The summed E-state index contributed by atoms with van der Waals surface area (Å²) in [6.45, 7) is 5.74. The predicted molar refractivity (Wildman–Crippen MR) is 78.1 cm³/mol. The van der Waals surface area contributed by atoms with E-state index in [1.54, 1.807) is 0 Å². The molecular weight excluding hydrogens is 236 g/mol. The van der Waals surface area contributed by atoms with Gasteiger partial charge in [0.15, 0.2) is 0 Å². The molecule has 0 radical (unpaired) electrons. The summed E-state index contributed by atoms with van der Waals surface area (Å²) in [7, 11) is 0. The molecule has 1 amide bonds. The van der Waals surface area contributed by atoms with Crippen molar-refractivity contribution < 1.29 is 4.79 Å². The maximum atomic E-state index is 11.9. The van der Waals surface area contributed by atoms with Gasteiger partial charge in [0.05, 0.1) is 6.04 Å². The minimum atomic E-state index is -0.0106. The molecular formula is C16H24N2O. The van der Waals surface area contributed by atoms with Gasteiger partial charge < -0.3 is 10.6 Å². The summed E-state index contributed by atoms with van der Waals surface area (Å²) < 4.78 is 0. The van der Waals surface area contributed by atoms with Crippen molar-refractivity contribution in [1.82, 2.24) is 10.6 Å². The third-order valence-corrected chi connectivity index (χ3v) is 3.79. The van der Waals surface area contributed by atoms with E-state index in [1.165, 1.54) is 11.1 Å². The Morgan fingerprint density at radius 1 is 1.47 bits per heavy atom. The highest BCUT2D eigenvalue weighted by Crippen LogP contribution is 2.21. The second-order valence-electron chi connectivity index (χ2n) is 5.48. The van der Waals surface area contributed by atoms with Gasteiger partial charge in [-0.2, -0.15) is 0 Å². The van der Waals surface area contributed by atoms with Crippen molar-refractivity contribution in [2.45, 2.75) is 39.2 Å². The molecule has 1 saturated heterocycles. The number of carbonyl (C=O) groups is 1. The van der Waals surface area contributed by atoms with Gasteiger partial charge in [-0.25, -0.2) is 0 Å². The van der Waals surface area contributed by atoms with Crippen molar-refractivity contribution in [1.29, 1.82) is 0 Å². The molecule has 1 fully saturated rings. The van der Waals surface area contributed by atoms with E-state index in [4.69, 9.17) is 0 Å². The van der Waals surface area contributed by atoms with Gasteiger partial charge in [0.25, 0.3) is 0 Å². The molecule has 2 N–H and O–H groups in total. The fourth-order valence-electron chi connectivity index (χ4n) is 2.85. The van der Waals surface area contributed by atoms with Crippen LogP contribution in [-0.4, -0.2) is 25.0 Å². The lowest BCUT2D eigenvalue weighted by Gasteiger charge is -2.29.